The Kier molecular flexibility index (Phi) is 10.3. The number of benzene rings is 3. The van der Waals surface area contributed by atoms with Crippen LogP contribution in [0.25, 0.3) is 0 Å². The van der Waals surface area contributed by atoms with Gasteiger partial charge in [0.25, 0.3) is 0 Å². The molecule has 0 fully saturated rings. The van der Waals surface area contributed by atoms with Gasteiger partial charge in [-0.15, -0.1) is 0 Å². The van der Waals surface area contributed by atoms with Crippen LogP contribution in [0.1, 0.15) is 38.7 Å². The van der Waals surface area contributed by atoms with Crippen LogP contribution in [0, 0.1) is 5.92 Å². The molecule has 0 spiro atoms. The molecule has 194 valence electrons. The predicted octanol–water partition coefficient (Wildman–Crippen LogP) is 7.32. The molecule has 1 aliphatic heterocycles. The number of anilines is 2. The monoisotopic (exact) mass is 505 g/mol. The highest BCUT2D eigenvalue weighted by Crippen LogP contribution is 2.47. The Morgan fingerprint density at radius 3 is 1.92 bits per heavy atom. The molecule has 0 saturated heterocycles. The molecule has 1 heterocycles. The van der Waals surface area contributed by atoms with E-state index in [2.05, 4.69) is 118 Å². The van der Waals surface area contributed by atoms with Crippen LogP contribution >= 0.6 is 11.8 Å². The van der Waals surface area contributed by atoms with E-state index in [1.54, 1.807) is 6.07 Å². The molecule has 0 amide bonds. The Bertz CT molecular complexity index is 1050. The van der Waals surface area contributed by atoms with Gasteiger partial charge in [-0.3, -0.25) is 0 Å². The second-order valence-corrected chi connectivity index (χ2v) is 11.4. The van der Waals surface area contributed by atoms with Gasteiger partial charge < -0.3 is 19.8 Å². The summed E-state index contributed by atoms with van der Waals surface area (Å²) in [4.78, 5) is 9.63. The van der Waals surface area contributed by atoms with Gasteiger partial charge in [-0.25, -0.2) is 0 Å². The number of fused-ring (bicyclic) bond motifs is 2. The van der Waals surface area contributed by atoms with Crippen LogP contribution in [-0.2, 0) is 0 Å². The number of aromatic hydroxyl groups is 1. The van der Waals surface area contributed by atoms with E-state index in [1.165, 1.54) is 26.7 Å². The number of phenolic OH excluding ortho intramolecular Hbond substituents is 1. The van der Waals surface area contributed by atoms with Crippen molar-refractivity contribution in [2.75, 3.05) is 46.2 Å². The van der Waals surface area contributed by atoms with Crippen LogP contribution in [0.5, 0.6) is 5.75 Å². The van der Waals surface area contributed by atoms with Crippen molar-refractivity contribution in [2.24, 2.45) is 5.92 Å². The summed E-state index contributed by atoms with van der Waals surface area (Å²) in [7, 11) is 8.49. The predicted molar refractivity (Wildman–Crippen MR) is 156 cm³/mol. The lowest BCUT2D eigenvalue weighted by Crippen LogP contribution is -2.37. The van der Waals surface area contributed by atoms with Crippen molar-refractivity contribution >= 4 is 23.1 Å². The first kappa shape index (κ1) is 28.1. The summed E-state index contributed by atoms with van der Waals surface area (Å²) in [5.41, 5.74) is 3.90. The Balaban J connectivity index is 0.000000207. The van der Waals surface area contributed by atoms with Crippen molar-refractivity contribution in [1.82, 2.24) is 9.80 Å². The van der Waals surface area contributed by atoms with Crippen LogP contribution in [0.2, 0.25) is 0 Å². The lowest BCUT2D eigenvalue weighted by Gasteiger charge is -2.36. The average molecular weight is 506 g/mol. The average Bonchev–Trinajstić information content (AvgIpc) is 2.84. The highest BCUT2D eigenvalue weighted by molar-refractivity contribution is 7.99. The molecule has 0 aliphatic carbocycles. The molecule has 0 bridgehead atoms. The topological polar surface area (TPSA) is 30.0 Å². The fourth-order valence-electron chi connectivity index (χ4n) is 4.83. The zero-order valence-corrected chi connectivity index (χ0v) is 23.8. The van der Waals surface area contributed by atoms with Crippen LogP contribution in [0.3, 0.4) is 0 Å². The molecule has 1 aliphatic rings. The first-order valence-electron chi connectivity index (χ1n) is 12.9. The lowest BCUT2D eigenvalue weighted by atomic mass is 9.85. The van der Waals surface area contributed by atoms with Crippen molar-refractivity contribution in [2.45, 2.75) is 48.9 Å². The number of para-hydroxylation sites is 2. The third-order valence-electron chi connectivity index (χ3n) is 6.94. The fraction of sp³-hybridized carbons (Fsp3) is 0.419. The van der Waals surface area contributed by atoms with Gasteiger partial charge in [0.05, 0.1) is 11.4 Å². The largest absolute Gasteiger partial charge is 0.508 e. The first-order valence-corrected chi connectivity index (χ1v) is 13.8. The summed E-state index contributed by atoms with van der Waals surface area (Å²) in [5.74, 6) is 1.49. The molecule has 4 rings (SSSR count). The van der Waals surface area contributed by atoms with Gasteiger partial charge in [0, 0.05) is 28.9 Å². The van der Waals surface area contributed by atoms with Gasteiger partial charge in [-0.05, 0) is 95.3 Å². The van der Waals surface area contributed by atoms with Crippen LogP contribution in [-0.4, -0.2) is 62.2 Å². The third-order valence-corrected chi connectivity index (χ3v) is 8.07. The molecule has 1 unspecified atom stereocenters. The minimum absolute atomic E-state index is 0.369. The maximum absolute atomic E-state index is 9.51. The molecule has 0 aromatic heterocycles. The zero-order valence-electron chi connectivity index (χ0n) is 23.0. The Morgan fingerprint density at radius 2 is 1.42 bits per heavy atom. The van der Waals surface area contributed by atoms with E-state index >= 15 is 0 Å². The number of rotatable bonds is 8. The lowest BCUT2D eigenvalue weighted by molar-refractivity contribution is 0.301. The van der Waals surface area contributed by atoms with Crippen LogP contribution < -0.4 is 4.90 Å². The van der Waals surface area contributed by atoms with Crippen molar-refractivity contribution in [3.63, 3.8) is 0 Å². The van der Waals surface area contributed by atoms with E-state index in [0.717, 1.165) is 19.5 Å². The van der Waals surface area contributed by atoms with Gasteiger partial charge in [0.2, 0.25) is 0 Å². The Labute approximate surface area is 222 Å². The maximum Gasteiger partial charge on any atom is 0.115 e. The van der Waals surface area contributed by atoms with E-state index in [4.69, 9.17) is 0 Å². The molecular weight excluding hydrogens is 462 g/mol. The molecule has 0 radical (unpaired) electrons. The molecular formula is C31H43N3OS. The van der Waals surface area contributed by atoms with E-state index in [-0.39, 0.29) is 0 Å². The number of hydrogen-bond acceptors (Lipinski definition) is 5. The van der Waals surface area contributed by atoms with Gasteiger partial charge >= 0.3 is 0 Å². The number of nitrogens with zero attached hydrogens (tertiary/aromatic N) is 3. The minimum atomic E-state index is 0.369. The highest BCUT2D eigenvalue weighted by Gasteiger charge is 2.24. The maximum atomic E-state index is 9.51. The van der Waals surface area contributed by atoms with E-state index in [9.17, 15) is 5.11 Å². The van der Waals surface area contributed by atoms with Crippen LogP contribution in [0.15, 0.2) is 82.6 Å². The van der Waals surface area contributed by atoms with Crippen LogP contribution in [0.4, 0.5) is 11.4 Å². The molecule has 5 heteroatoms. The Morgan fingerprint density at radius 1 is 0.833 bits per heavy atom. The summed E-state index contributed by atoms with van der Waals surface area (Å²) < 4.78 is 0. The SMILES string of the molecule is CC(CN1c2ccccc2Sc2ccccc21)N(C)C.CC[C@@H](c1cccc(O)c1)[C@@H](C)CN(C)C. The van der Waals surface area contributed by atoms with E-state index < -0.39 is 0 Å². The van der Waals surface area contributed by atoms with Gasteiger partial charge in [0.15, 0.2) is 0 Å². The minimum Gasteiger partial charge on any atom is -0.508 e. The molecule has 3 atom stereocenters. The standard InChI is InChI=1S/C17H20N2S.C14H23NO/c1-13(18(2)3)12-19-14-8-4-6-10-16(14)20-17-11-7-5-9-15(17)19;1-5-14(11(2)10-15(3)4)12-7-6-8-13(16)9-12/h4-11,13H,12H2,1-3H3;6-9,11,14,16H,5,10H2,1-4H3/t;11-,14+/m.0/s1. The van der Waals surface area contributed by atoms with Crippen molar-refractivity contribution in [1.29, 1.82) is 0 Å². The second-order valence-electron chi connectivity index (χ2n) is 10.3. The van der Waals surface area contributed by atoms with Gasteiger partial charge in [-0.2, -0.15) is 0 Å². The number of hydrogen-bond donors (Lipinski definition) is 1. The second kappa shape index (κ2) is 13.2. The van der Waals surface area contributed by atoms with E-state index in [0.29, 0.717) is 23.6 Å². The summed E-state index contributed by atoms with van der Waals surface area (Å²) >= 11 is 1.87. The number of likely N-dealkylation sites (N-methyl/N-ethyl adjacent to an activating group) is 1. The zero-order chi connectivity index (χ0) is 26.2. The van der Waals surface area contributed by atoms with E-state index in [1.807, 2.05) is 23.9 Å². The molecule has 36 heavy (non-hydrogen) atoms. The third kappa shape index (κ3) is 7.28. The first-order chi connectivity index (χ1) is 17.2. The van der Waals surface area contributed by atoms with Gasteiger partial charge in [-0.1, -0.05) is 62.0 Å². The summed E-state index contributed by atoms with van der Waals surface area (Å²) in [6.07, 6.45) is 1.11. The highest BCUT2D eigenvalue weighted by atomic mass is 32.2. The number of phenols is 1. The fourth-order valence-corrected chi connectivity index (χ4v) is 5.93. The summed E-state index contributed by atoms with van der Waals surface area (Å²) in [5, 5.41) is 9.51. The molecule has 4 nitrogen and oxygen atoms in total. The molecule has 3 aromatic rings. The normalized spacial score (nSPS) is 15.0. The summed E-state index contributed by atoms with van der Waals surface area (Å²) in [6, 6.07) is 25.5. The quantitative estimate of drug-likeness (QED) is 0.346. The smallest absolute Gasteiger partial charge is 0.115 e. The van der Waals surface area contributed by atoms with Crippen molar-refractivity contribution < 1.29 is 5.11 Å². The Hall–Kier alpha value is -2.47. The van der Waals surface area contributed by atoms with Crippen molar-refractivity contribution in [3.8, 4) is 5.75 Å². The molecule has 3 aromatic carbocycles. The molecule has 1 N–H and O–H groups in total. The van der Waals surface area contributed by atoms with Crippen molar-refractivity contribution in [3.05, 3.63) is 78.4 Å². The molecule has 0 saturated carbocycles. The van der Waals surface area contributed by atoms with Gasteiger partial charge in [0.1, 0.15) is 5.75 Å². The summed E-state index contributed by atoms with van der Waals surface area (Å²) in [6.45, 7) is 8.84.